The van der Waals surface area contributed by atoms with Gasteiger partial charge in [0.05, 0.1) is 5.69 Å². The number of piperidine rings is 1. The van der Waals surface area contributed by atoms with E-state index in [1.165, 1.54) is 42.4 Å². The highest BCUT2D eigenvalue weighted by Gasteiger charge is 2.33. The summed E-state index contributed by atoms with van der Waals surface area (Å²) in [4.78, 5) is 43.2. The number of amidine groups is 1. The second-order valence-electron chi connectivity index (χ2n) is 7.79. The van der Waals surface area contributed by atoms with E-state index in [1.54, 1.807) is 0 Å². The number of nitrogens with zero attached hydrogens (tertiary/aromatic N) is 2. The van der Waals surface area contributed by atoms with Gasteiger partial charge in [0.25, 0.3) is 11.8 Å². The lowest BCUT2D eigenvalue weighted by molar-refractivity contribution is -0.121. The maximum Gasteiger partial charge on any atom is 0.262 e. The molecule has 2 N–H and O–H groups in total. The predicted molar refractivity (Wildman–Crippen MR) is 123 cm³/mol. The third-order valence-electron chi connectivity index (χ3n) is 5.34. The van der Waals surface area contributed by atoms with Gasteiger partial charge in [-0.05, 0) is 55.7 Å². The van der Waals surface area contributed by atoms with Crippen molar-refractivity contribution in [3.05, 3.63) is 59.7 Å². The number of amides is 3. The maximum absolute atomic E-state index is 13.7. The van der Waals surface area contributed by atoms with Crippen molar-refractivity contribution in [1.82, 2.24) is 4.90 Å². The number of benzene rings is 2. The van der Waals surface area contributed by atoms with E-state index in [0.717, 1.165) is 38.1 Å². The van der Waals surface area contributed by atoms with Crippen molar-refractivity contribution in [1.29, 1.82) is 0 Å². The molecule has 172 valence electrons. The lowest BCUT2D eigenvalue weighted by Gasteiger charge is -2.27. The van der Waals surface area contributed by atoms with Gasteiger partial charge in [0, 0.05) is 36.8 Å². The summed E-state index contributed by atoms with van der Waals surface area (Å²) < 4.78 is 26.7. The van der Waals surface area contributed by atoms with Crippen LogP contribution in [0.2, 0.25) is 0 Å². The minimum absolute atomic E-state index is 0.00355. The topological polar surface area (TPSA) is 90.9 Å². The van der Waals surface area contributed by atoms with Gasteiger partial charge in [-0.15, -0.1) is 0 Å². The van der Waals surface area contributed by atoms with Crippen LogP contribution in [0.1, 0.15) is 36.0 Å². The van der Waals surface area contributed by atoms with Crippen LogP contribution in [0.4, 0.5) is 20.2 Å². The molecule has 2 heterocycles. The first-order chi connectivity index (χ1) is 15.9. The van der Waals surface area contributed by atoms with Crippen LogP contribution in [0, 0.1) is 11.6 Å². The molecule has 1 saturated heterocycles. The minimum Gasteiger partial charge on any atom is -0.351 e. The monoisotopic (exact) mass is 472 g/mol. The first-order valence-electron chi connectivity index (χ1n) is 10.6. The largest absolute Gasteiger partial charge is 0.351 e. The first kappa shape index (κ1) is 22.9. The fraction of sp³-hybridized carbons (Fsp3) is 0.304. The van der Waals surface area contributed by atoms with Crippen LogP contribution in [-0.2, 0) is 9.59 Å². The van der Waals surface area contributed by atoms with Gasteiger partial charge in [-0.2, -0.15) is 4.99 Å². The summed E-state index contributed by atoms with van der Waals surface area (Å²) in [5.41, 5.74) is 0.554. The van der Waals surface area contributed by atoms with Crippen LogP contribution in [0.3, 0.4) is 0 Å². The fourth-order valence-electron chi connectivity index (χ4n) is 3.60. The highest BCUT2D eigenvalue weighted by atomic mass is 32.2. The number of aliphatic imine (C=N–C) groups is 1. The number of hydrogen-bond acceptors (Lipinski definition) is 5. The van der Waals surface area contributed by atoms with Crippen LogP contribution in [-0.4, -0.2) is 46.1 Å². The molecule has 10 heteroatoms. The Balaban J connectivity index is 1.29. The van der Waals surface area contributed by atoms with Gasteiger partial charge in [-0.1, -0.05) is 11.8 Å². The van der Waals surface area contributed by atoms with E-state index >= 15 is 0 Å². The van der Waals surface area contributed by atoms with E-state index in [4.69, 9.17) is 0 Å². The quantitative estimate of drug-likeness (QED) is 0.686. The maximum atomic E-state index is 13.7. The molecular weight excluding hydrogens is 450 g/mol. The van der Waals surface area contributed by atoms with E-state index in [1.807, 2.05) is 0 Å². The van der Waals surface area contributed by atoms with E-state index < -0.39 is 22.8 Å². The Labute approximate surface area is 193 Å². The zero-order valence-electron chi connectivity index (χ0n) is 17.6. The fourth-order valence-corrected chi connectivity index (χ4v) is 4.72. The number of thioether (sulfide) groups is 1. The molecule has 2 aromatic rings. The zero-order chi connectivity index (χ0) is 23.4. The van der Waals surface area contributed by atoms with Gasteiger partial charge in [-0.3, -0.25) is 14.4 Å². The SMILES string of the molecule is O=C(CC1SC(N2CCCCC2)=NC1=O)Nc1ccc(C(=O)Nc2ccc(F)cc2F)cc1. The van der Waals surface area contributed by atoms with E-state index in [2.05, 4.69) is 20.5 Å². The van der Waals surface area contributed by atoms with Crippen molar-refractivity contribution in [2.75, 3.05) is 23.7 Å². The summed E-state index contributed by atoms with van der Waals surface area (Å²) in [6.07, 6.45) is 3.33. The Morgan fingerprint density at radius 3 is 2.45 bits per heavy atom. The van der Waals surface area contributed by atoms with Gasteiger partial charge < -0.3 is 15.5 Å². The van der Waals surface area contributed by atoms with Crippen molar-refractivity contribution in [2.45, 2.75) is 30.9 Å². The summed E-state index contributed by atoms with van der Waals surface area (Å²) in [5.74, 6) is -2.82. The van der Waals surface area contributed by atoms with Gasteiger partial charge in [0.15, 0.2) is 5.17 Å². The number of halogens is 2. The Hall–Kier alpha value is -3.27. The Morgan fingerprint density at radius 2 is 1.76 bits per heavy atom. The zero-order valence-corrected chi connectivity index (χ0v) is 18.5. The number of rotatable bonds is 5. The molecule has 7 nitrogen and oxygen atoms in total. The molecule has 2 aliphatic heterocycles. The van der Waals surface area contributed by atoms with Gasteiger partial charge in [0.2, 0.25) is 5.91 Å². The molecule has 0 spiro atoms. The molecule has 0 radical (unpaired) electrons. The average molecular weight is 473 g/mol. The van der Waals surface area contributed by atoms with Gasteiger partial charge >= 0.3 is 0 Å². The number of nitrogens with one attached hydrogen (secondary N) is 2. The van der Waals surface area contributed by atoms with Gasteiger partial charge in [0.1, 0.15) is 16.9 Å². The molecule has 0 bridgehead atoms. The van der Waals surface area contributed by atoms with Crippen LogP contribution < -0.4 is 10.6 Å². The molecule has 0 saturated carbocycles. The summed E-state index contributed by atoms with van der Waals surface area (Å²) in [5, 5.41) is 5.24. The van der Waals surface area contributed by atoms with Crippen LogP contribution >= 0.6 is 11.8 Å². The molecule has 1 atom stereocenters. The van der Waals surface area contributed by atoms with Crippen molar-refractivity contribution < 1.29 is 23.2 Å². The van der Waals surface area contributed by atoms with E-state index in [9.17, 15) is 23.2 Å². The molecule has 1 fully saturated rings. The summed E-state index contributed by atoms with van der Waals surface area (Å²) >= 11 is 1.33. The van der Waals surface area contributed by atoms with Crippen molar-refractivity contribution >= 4 is 46.0 Å². The number of hydrogen-bond donors (Lipinski definition) is 2. The molecule has 1 unspecified atom stereocenters. The van der Waals surface area contributed by atoms with E-state index in [-0.39, 0.29) is 29.5 Å². The second-order valence-corrected chi connectivity index (χ2v) is 8.96. The number of likely N-dealkylation sites (tertiary alicyclic amines) is 1. The summed E-state index contributed by atoms with van der Waals surface area (Å²) in [7, 11) is 0. The van der Waals surface area contributed by atoms with Gasteiger partial charge in [-0.25, -0.2) is 8.78 Å². The minimum atomic E-state index is -0.876. The molecule has 33 heavy (non-hydrogen) atoms. The van der Waals surface area contributed by atoms with Crippen LogP contribution in [0.5, 0.6) is 0 Å². The van der Waals surface area contributed by atoms with Crippen molar-refractivity contribution in [2.24, 2.45) is 4.99 Å². The first-order valence-corrected chi connectivity index (χ1v) is 11.5. The highest BCUT2D eigenvalue weighted by Crippen LogP contribution is 2.29. The normalized spacial score (nSPS) is 18.1. The Bertz CT molecular complexity index is 1100. The lowest BCUT2D eigenvalue weighted by atomic mass is 10.1. The van der Waals surface area contributed by atoms with Crippen molar-refractivity contribution in [3.63, 3.8) is 0 Å². The smallest absolute Gasteiger partial charge is 0.262 e. The number of carbonyl (C=O) groups is 3. The standard InChI is InChI=1S/C23H22F2N4O3S/c24-15-6-9-18(17(25)12-15)27-21(31)14-4-7-16(8-5-14)26-20(30)13-19-22(32)28-23(33-19)29-10-2-1-3-11-29/h4-9,12,19H,1-3,10-11,13H2,(H,26,30)(H,27,31). The average Bonchev–Trinajstić information content (AvgIpc) is 3.16. The second kappa shape index (κ2) is 10.1. The van der Waals surface area contributed by atoms with E-state index in [0.29, 0.717) is 16.9 Å². The molecule has 2 aromatic carbocycles. The molecule has 3 amide bonds. The Kier molecular flexibility index (Phi) is 7.02. The van der Waals surface area contributed by atoms with Crippen LogP contribution in [0.25, 0.3) is 0 Å². The van der Waals surface area contributed by atoms with Crippen LogP contribution in [0.15, 0.2) is 47.5 Å². The predicted octanol–water partition coefficient (Wildman–Crippen LogP) is 4.03. The third-order valence-corrected chi connectivity index (χ3v) is 6.55. The Morgan fingerprint density at radius 1 is 1.03 bits per heavy atom. The summed E-state index contributed by atoms with van der Waals surface area (Å²) in [6.45, 7) is 1.76. The number of carbonyl (C=O) groups excluding carboxylic acids is 3. The molecule has 4 rings (SSSR count). The molecular formula is C23H22F2N4O3S. The number of anilines is 2. The highest BCUT2D eigenvalue weighted by molar-refractivity contribution is 8.15. The lowest BCUT2D eigenvalue weighted by Crippen LogP contribution is -2.33. The molecule has 0 aromatic heterocycles. The summed E-state index contributed by atoms with van der Waals surface area (Å²) in [6, 6.07) is 8.88. The van der Waals surface area contributed by atoms with Crippen molar-refractivity contribution in [3.8, 4) is 0 Å². The third kappa shape index (κ3) is 5.75. The molecule has 0 aliphatic carbocycles. The molecule has 2 aliphatic rings.